The summed E-state index contributed by atoms with van der Waals surface area (Å²) in [5.41, 5.74) is 0. The van der Waals surface area contributed by atoms with Gasteiger partial charge in [0.15, 0.2) is 0 Å². The van der Waals surface area contributed by atoms with Crippen LogP contribution in [0.25, 0.3) is 0 Å². The van der Waals surface area contributed by atoms with E-state index >= 15 is 0 Å². The Morgan fingerprint density at radius 1 is 0.636 bits per heavy atom. The number of carboxylic acids is 3. The van der Waals surface area contributed by atoms with Crippen molar-refractivity contribution in [3.05, 3.63) is 0 Å². The van der Waals surface area contributed by atoms with Gasteiger partial charge in [-0.1, -0.05) is 20.8 Å². The summed E-state index contributed by atoms with van der Waals surface area (Å²) in [6.45, 7) is 7.74. The van der Waals surface area contributed by atoms with Crippen LogP contribution in [0.3, 0.4) is 0 Å². The fourth-order valence-corrected chi connectivity index (χ4v) is 0.642. The molecule has 0 fully saturated rings. The van der Waals surface area contributed by atoms with Crippen LogP contribution >= 0.6 is 0 Å². The van der Waals surface area contributed by atoms with Gasteiger partial charge in [0.2, 0.25) is 0 Å². The summed E-state index contributed by atoms with van der Waals surface area (Å²) in [7, 11) is 0. The van der Waals surface area contributed by atoms with Crippen molar-refractivity contribution in [3.8, 4) is 0 Å². The Balaban J connectivity index is -0.0000000994. The van der Waals surface area contributed by atoms with Crippen LogP contribution in [-0.2, 0) is 14.4 Å². The van der Waals surface area contributed by atoms with E-state index in [0.29, 0.717) is 19.3 Å². The van der Waals surface area contributed by atoms with Gasteiger partial charge in [-0.3, -0.25) is 14.4 Å². The molecule has 0 saturated heterocycles. The Labute approximate surface area is 147 Å². The summed E-state index contributed by atoms with van der Waals surface area (Å²) in [6, 6.07) is 0. The van der Waals surface area contributed by atoms with Crippen molar-refractivity contribution in [2.45, 2.75) is 77.1 Å². The fourth-order valence-electron chi connectivity index (χ4n) is 0.642. The number of carboxylic acid groups (broad SMARTS) is 3. The van der Waals surface area contributed by atoms with Gasteiger partial charge in [0.25, 0.3) is 0 Å². The van der Waals surface area contributed by atoms with E-state index in [9.17, 15) is 14.4 Å². The zero-order valence-electron chi connectivity index (χ0n) is 14.3. The van der Waals surface area contributed by atoms with Crippen LogP contribution < -0.4 is 0 Å². The Morgan fingerprint density at radius 2 is 0.818 bits per heavy atom. The summed E-state index contributed by atoms with van der Waals surface area (Å²) in [6.07, 6.45) is 4.45. The molecule has 0 aromatic rings. The average molecular weight is 427 g/mol. The average Bonchev–Trinajstić information content (AvgIpc) is 2.40. The molecule has 0 aliphatic rings. The van der Waals surface area contributed by atoms with Gasteiger partial charge >= 0.3 is 58.2 Å². The van der Waals surface area contributed by atoms with E-state index in [-0.39, 0.29) is 0 Å². The third kappa shape index (κ3) is 75.1. The monoisotopic (exact) mass is 428 g/mol. The van der Waals surface area contributed by atoms with Crippen molar-refractivity contribution < 1.29 is 29.7 Å². The number of carbonyl (C=O) groups is 3. The van der Waals surface area contributed by atoms with E-state index in [2.05, 4.69) is 6.92 Å². The van der Waals surface area contributed by atoms with Crippen molar-refractivity contribution in [3.63, 3.8) is 0 Å². The molecule has 2 radical (unpaired) electrons. The Hall–Kier alpha value is -0.791. The van der Waals surface area contributed by atoms with E-state index in [1.165, 1.54) is 33.4 Å². The van der Waals surface area contributed by atoms with Crippen LogP contribution in [0.1, 0.15) is 72.6 Å². The fraction of sp³-hybridized carbons (Fsp3) is 0.800. The first-order valence-corrected chi connectivity index (χ1v) is 9.91. The SMILES string of the molecule is CCCC(=O)O.CCCC(=O)O.CCCC(=O)O.CC[CH2][SnH]. The van der Waals surface area contributed by atoms with Gasteiger partial charge in [-0.05, 0) is 19.3 Å². The molecule has 7 heteroatoms. The first-order chi connectivity index (χ1) is 10.2. The quantitative estimate of drug-likeness (QED) is 0.538. The van der Waals surface area contributed by atoms with Gasteiger partial charge in [-0.25, -0.2) is 0 Å². The first kappa shape index (κ1) is 29.2. The molecule has 22 heavy (non-hydrogen) atoms. The molecule has 0 spiro atoms. The van der Waals surface area contributed by atoms with Gasteiger partial charge in [0.05, 0.1) is 0 Å². The molecule has 6 nitrogen and oxygen atoms in total. The summed E-state index contributed by atoms with van der Waals surface area (Å²) < 4.78 is 1.45. The predicted octanol–water partition coefficient (Wildman–Crippen LogP) is 3.33. The molecule has 0 aromatic heterocycles. The van der Waals surface area contributed by atoms with E-state index in [0.717, 1.165) is 19.3 Å². The van der Waals surface area contributed by atoms with Crippen LogP contribution in [-0.4, -0.2) is 55.8 Å². The molecular weight excluding hydrogens is 395 g/mol. The van der Waals surface area contributed by atoms with Gasteiger partial charge in [-0.2, -0.15) is 0 Å². The molecule has 0 aliphatic heterocycles. The number of rotatable bonds is 7. The molecule has 0 unspecified atom stereocenters. The van der Waals surface area contributed by atoms with Crippen molar-refractivity contribution in [2.75, 3.05) is 0 Å². The summed E-state index contributed by atoms with van der Waals surface area (Å²) in [4.78, 5) is 28.8. The van der Waals surface area contributed by atoms with Crippen LogP contribution in [0.5, 0.6) is 0 Å². The molecule has 0 amide bonds. The zero-order valence-corrected chi connectivity index (χ0v) is 17.6. The van der Waals surface area contributed by atoms with Crippen molar-refractivity contribution in [2.24, 2.45) is 0 Å². The minimum absolute atomic E-state index is 0.292. The first-order valence-electron chi connectivity index (χ1n) is 7.58. The third-order valence-corrected chi connectivity index (χ3v) is 3.33. The van der Waals surface area contributed by atoms with Crippen LogP contribution in [0.2, 0.25) is 4.44 Å². The third-order valence-electron chi connectivity index (χ3n) is 1.68. The maximum absolute atomic E-state index is 9.60. The Bertz CT molecular complexity index is 216. The van der Waals surface area contributed by atoms with Crippen LogP contribution in [0, 0.1) is 0 Å². The Kier molecular flexibility index (Phi) is 37.7. The molecule has 0 aromatic carbocycles. The minimum atomic E-state index is -0.711. The summed E-state index contributed by atoms with van der Waals surface area (Å²) in [5.74, 6) is -2.13. The molecular formula is C15H32O6Sn. The van der Waals surface area contributed by atoms with Crippen molar-refractivity contribution in [1.82, 2.24) is 0 Å². The maximum atomic E-state index is 9.60. The van der Waals surface area contributed by atoms with Gasteiger partial charge in [0, 0.05) is 19.3 Å². The van der Waals surface area contributed by atoms with E-state index in [4.69, 9.17) is 15.3 Å². The number of hydrogen-bond donors (Lipinski definition) is 3. The molecule has 132 valence electrons. The van der Waals surface area contributed by atoms with Crippen molar-refractivity contribution >= 4 is 40.4 Å². The second-order valence-corrected chi connectivity index (χ2v) is 5.87. The molecule has 0 bridgehead atoms. The number of hydrogen-bond acceptors (Lipinski definition) is 3. The topological polar surface area (TPSA) is 112 Å². The van der Waals surface area contributed by atoms with Crippen molar-refractivity contribution in [1.29, 1.82) is 0 Å². The molecule has 0 heterocycles. The molecule has 0 rings (SSSR count). The number of aliphatic carboxylic acids is 3. The zero-order chi connectivity index (χ0) is 18.4. The predicted molar refractivity (Wildman–Crippen MR) is 89.9 cm³/mol. The van der Waals surface area contributed by atoms with Crippen LogP contribution in [0.15, 0.2) is 0 Å². The summed E-state index contributed by atoms with van der Waals surface area (Å²) in [5, 5.41) is 23.7. The van der Waals surface area contributed by atoms with Gasteiger partial charge < -0.3 is 15.3 Å². The molecule has 0 aliphatic carbocycles. The van der Waals surface area contributed by atoms with E-state index in [1.807, 2.05) is 20.8 Å². The second kappa shape index (κ2) is 28.4. The normalized spacial score (nSPS) is 8.05. The summed E-state index contributed by atoms with van der Waals surface area (Å²) >= 11 is 1.44. The molecule has 0 saturated carbocycles. The van der Waals surface area contributed by atoms with Gasteiger partial charge in [0.1, 0.15) is 0 Å². The standard InChI is InChI=1S/3C4H8O2.C3H7.Sn.H/c3*1-2-3-4(5)6;1-3-2;;/h3*2-3H2,1H3,(H,5,6);1,3H2,2H3;;. The Morgan fingerprint density at radius 3 is 0.818 bits per heavy atom. The second-order valence-electron chi connectivity index (χ2n) is 4.22. The van der Waals surface area contributed by atoms with Crippen LogP contribution in [0.4, 0.5) is 0 Å². The van der Waals surface area contributed by atoms with E-state index in [1.54, 1.807) is 0 Å². The van der Waals surface area contributed by atoms with Gasteiger partial charge in [-0.15, -0.1) is 0 Å². The molecule has 3 N–H and O–H groups in total. The molecule has 0 atom stereocenters. The van der Waals surface area contributed by atoms with E-state index < -0.39 is 17.9 Å².